The summed E-state index contributed by atoms with van der Waals surface area (Å²) in [7, 11) is 0. The molecule has 0 bridgehead atoms. The molecule has 5 heteroatoms. The molecule has 4 rings (SSSR count). The zero-order valence-electron chi connectivity index (χ0n) is 14.2. The van der Waals surface area contributed by atoms with E-state index in [9.17, 15) is 4.79 Å². The lowest BCUT2D eigenvalue weighted by Crippen LogP contribution is -2.29. The first-order valence-corrected chi connectivity index (χ1v) is 8.82. The lowest BCUT2D eigenvalue weighted by atomic mass is 10.1. The smallest absolute Gasteiger partial charge is 0.251 e. The summed E-state index contributed by atoms with van der Waals surface area (Å²) in [5.74, 6) is 1.28. The van der Waals surface area contributed by atoms with Crippen molar-refractivity contribution in [3.63, 3.8) is 0 Å². The molecular formula is C20H22N2O3. The molecule has 2 heterocycles. The number of nitrogens with one attached hydrogen (secondary N) is 1. The maximum absolute atomic E-state index is 12.3. The van der Waals surface area contributed by atoms with Crippen LogP contribution in [0.5, 0.6) is 11.5 Å². The fraction of sp³-hybridized carbons (Fsp3) is 0.350. The molecular weight excluding hydrogens is 316 g/mol. The highest BCUT2D eigenvalue weighted by atomic mass is 16.6. The van der Waals surface area contributed by atoms with E-state index in [-0.39, 0.29) is 5.91 Å². The van der Waals surface area contributed by atoms with Crippen LogP contribution >= 0.6 is 0 Å². The van der Waals surface area contributed by atoms with E-state index in [1.165, 1.54) is 11.3 Å². The number of anilines is 1. The molecule has 0 fully saturated rings. The Labute approximate surface area is 147 Å². The minimum atomic E-state index is -0.0706. The highest BCUT2D eigenvalue weighted by Crippen LogP contribution is 2.30. The van der Waals surface area contributed by atoms with Crippen LogP contribution in [-0.4, -0.2) is 38.8 Å². The molecule has 0 unspecified atom stereocenters. The van der Waals surface area contributed by atoms with Crippen LogP contribution in [0.4, 0.5) is 5.69 Å². The summed E-state index contributed by atoms with van der Waals surface area (Å²) in [6.07, 6.45) is 2.03. The van der Waals surface area contributed by atoms with Gasteiger partial charge in [0.1, 0.15) is 13.2 Å². The van der Waals surface area contributed by atoms with Gasteiger partial charge in [0.05, 0.1) is 0 Å². The quantitative estimate of drug-likeness (QED) is 0.852. The van der Waals surface area contributed by atoms with Gasteiger partial charge in [-0.05, 0) is 42.7 Å². The maximum atomic E-state index is 12.3. The first-order valence-electron chi connectivity index (χ1n) is 8.82. The normalized spacial score (nSPS) is 15.0. The van der Waals surface area contributed by atoms with Gasteiger partial charge in [-0.25, -0.2) is 0 Å². The summed E-state index contributed by atoms with van der Waals surface area (Å²) in [5.41, 5.74) is 3.36. The van der Waals surface area contributed by atoms with Crippen molar-refractivity contribution >= 4 is 11.6 Å². The molecule has 2 aromatic carbocycles. The van der Waals surface area contributed by atoms with E-state index in [1.54, 1.807) is 18.2 Å². The second-order valence-electron chi connectivity index (χ2n) is 6.33. The molecule has 0 atom stereocenters. The lowest BCUT2D eigenvalue weighted by molar-refractivity contribution is 0.0952. The van der Waals surface area contributed by atoms with Crippen LogP contribution in [0.2, 0.25) is 0 Å². The predicted octanol–water partition coefficient (Wildman–Crippen LogP) is 2.64. The Morgan fingerprint density at radius 3 is 2.84 bits per heavy atom. The summed E-state index contributed by atoms with van der Waals surface area (Å²) in [6, 6.07) is 13.9. The van der Waals surface area contributed by atoms with Crippen LogP contribution in [0.1, 0.15) is 22.3 Å². The molecule has 2 aliphatic rings. The van der Waals surface area contributed by atoms with E-state index in [0.717, 1.165) is 25.9 Å². The van der Waals surface area contributed by atoms with Crippen LogP contribution < -0.4 is 19.7 Å². The lowest BCUT2D eigenvalue weighted by Gasteiger charge is -2.20. The van der Waals surface area contributed by atoms with Crippen LogP contribution in [-0.2, 0) is 6.42 Å². The van der Waals surface area contributed by atoms with Crippen molar-refractivity contribution in [2.75, 3.05) is 37.7 Å². The molecule has 0 spiro atoms. The van der Waals surface area contributed by atoms with Gasteiger partial charge in [0.2, 0.25) is 0 Å². The Morgan fingerprint density at radius 1 is 1.08 bits per heavy atom. The summed E-state index contributed by atoms with van der Waals surface area (Å²) in [6.45, 7) is 3.76. The van der Waals surface area contributed by atoms with Crippen molar-refractivity contribution < 1.29 is 14.3 Å². The summed E-state index contributed by atoms with van der Waals surface area (Å²) in [4.78, 5) is 14.7. The van der Waals surface area contributed by atoms with Gasteiger partial charge in [-0.1, -0.05) is 18.2 Å². The number of rotatable bonds is 5. The largest absolute Gasteiger partial charge is 0.486 e. The van der Waals surface area contributed by atoms with Crippen LogP contribution in [0.3, 0.4) is 0 Å². The molecule has 1 N–H and O–H groups in total. The first-order chi connectivity index (χ1) is 12.3. The number of para-hydroxylation sites is 1. The fourth-order valence-corrected chi connectivity index (χ4v) is 3.40. The summed E-state index contributed by atoms with van der Waals surface area (Å²) in [5, 5.41) is 2.99. The van der Waals surface area contributed by atoms with Gasteiger partial charge in [0.15, 0.2) is 11.5 Å². The Bertz CT molecular complexity index is 775. The van der Waals surface area contributed by atoms with Gasteiger partial charge in [-0.3, -0.25) is 4.79 Å². The number of fused-ring (bicyclic) bond motifs is 2. The Hall–Kier alpha value is -2.69. The predicted molar refractivity (Wildman–Crippen MR) is 96.7 cm³/mol. The third-order valence-electron chi connectivity index (χ3n) is 4.68. The Balaban J connectivity index is 1.27. The summed E-state index contributed by atoms with van der Waals surface area (Å²) < 4.78 is 11.0. The molecule has 1 amide bonds. The third kappa shape index (κ3) is 3.40. The number of carbonyl (C=O) groups is 1. The number of hydrogen-bond donors (Lipinski definition) is 1. The first kappa shape index (κ1) is 15.8. The third-order valence-corrected chi connectivity index (χ3v) is 4.68. The number of ether oxygens (including phenoxy) is 2. The van der Waals surface area contributed by atoms with Crippen molar-refractivity contribution in [2.24, 2.45) is 0 Å². The molecule has 0 aliphatic carbocycles. The van der Waals surface area contributed by atoms with Gasteiger partial charge in [0.25, 0.3) is 5.91 Å². The SMILES string of the molecule is O=C(NCCCN1CCc2ccccc21)c1ccc2c(c1)OCCO2. The molecule has 130 valence electrons. The zero-order chi connectivity index (χ0) is 17.1. The fourth-order valence-electron chi connectivity index (χ4n) is 3.40. The number of nitrogens with zero attached hydrogens (tertiary/aromatic N) is 1. The van der Waals surface area contributed by atoms with Gasteiger partial charge < -0.3 is 19.7 Å². The molecule has 25 heavy (non-hydrogen) atoms. The average molecular weight is 338 g/mol. The van der Waals surface area contributed by atoms with E-state index in [2.05, 4.69) is 34.5 Å². The standard InChI is InChI=1S/C20H22N2O3/c23-20(16-6-7-18-19(14-16)25-13-12-24-18)21-9-3-10-22-11-8-15-4-1-2-5-17(15)22/h1-2,4-7,14H,3,8-13H2,(H,21,23). The number of amides is 1. The van der Waals surface area contributed by atoms with Crippen molar-refractivity contribution in [2.45, 2.75) is 12.8 Å². The molecule has 0 radical (unpaired) electrons. The molecule has 5 nitrogen and oxygen atoms in total. The molecule has 0 aromatic heterocycles. The van der Waals surface area contributed by atoms with Crippen LogP contribution in [0.15, 0.2) is 42.5 Å². The number of benzene rings is 2. The van der Waals surface area contributed by atoms with E-state index in [1.807, 2.05) is 0 Å². The van der Waals surface area contributed by atoms with E-state index in [0.29, 0.717) is 36.8 Å². The number of carbonyl (C=O) groups excluding carboxylic acids is 1. The minimum Gasteiger partial charge on any atom is -0.486 e. The van der Waals surface area contributed by atoms with Crippen molar-refractivity contribution in [1.29, 1.82) is 0 Å². The monoisotopic (exact) mass is 338 g/mol. The highest BCUT2D eigenvalue weighted by Gasteiger charge is 2.18. The topological polar surface area (TPSA) is 50.8 Å². The minimum absolute atomic E-state index is 0.0706. The molecule has 0 saturated heterocycles. The van der Waals surface area contributed by atoms with E-state index < -0.39 is 0 Å². The van der Waals surface area contributed by atoms with Gasteiger partial charge in [-0.15, -0.1) is 0 Å². The second kappa shape index (κ2) is 7.05. The molecule has 2 aromatic rings. The number of hydrogen-bond acceptors (Lipinski definition) is 4. The Morgan fingerprint density at radius 2 is 1.92 bits per heavy atom. The van der Waals surface area contributed by atoms with Crippen molar-refractivity contribution in [3.05, 3.63) is 53.6 Å². The van der Waals surface area contributed by atoms with Crippen LogP contribution in [0.25, 0.3) is 0 Å². The molecule has 0 saturated carbocycles. The summed E-state index contributed by atoms with van der Waals surface area (Å²) >= 11 is 0. The van der Waals surface area contributed by atoms with Gasteiger partial charge >= 0.3 is 0 Å². The van der Waals surface area contributed by atoms with Gasteiger partial charge in [0, 0.05) is 30.9 Å². The molecule has 2 aliphatic heterocycles. The van der Waals surface area contributed by atoms with E-state index >= 15 is 0 Å². The van der Waals surface area contributed by atoms with Crippen LogP contribution in [0, 0.1) is 0 Å². The second-order valence-corrected chi connectivity index (χ2v) is 6.33. The highest BCUT2D eigenvalue weighted by molar-refractivity contribution is 5.94. The average Bonchev–Trinajstić information content (AvgIpc) is 3.08. The van der Waals surface area contributed by atoms with Crippen molar-refractivity contribution in [1.82, 2.24) is 5.32 Å². The van der Waals surface area contributed by atoms with E-state index in [4.69, 9.17) is 9.47 Å². The van der Waals surface area contributed by atoms with Gasteiger partial charge in [-0.2, -0.15) is 0 Å². The Kier molecular flexibility index (Phi) is 4.46. The van der Waals surface area contributed by atoms with Crippen molar-refractivity contribution in [3.8, 4) is 11.5 Å². The zero-order valence-corrected chi connectivity index (χ0v) is 14.2. The maximum Gasteiger partial charge on any atom is 0.251 e.